The highest BCUT2D eigenvalue weighted by Crippen LogP contribution is 2.28. The number of ether oxygens (including phenoxy) is 1. The van der Waals surface area contributed by atoms with Gasteiger partial charge in [0.15, 0.2) is 0 Å². The smallest absolute Gasteiger partial charge is 0.254 e. The molecule has 0 radical (unpaired) electrons. The highest BCUT2D eigenvalue weighted by molar-refractivity contribution is 5.85. The minimum Gasteiger partial charge on any atom is -0.368 e. The molecule has 3 heterocycles. The van der Waals surface area contributed by atoms with Crippen LogP contribution in [0.3, 0.4) is 0 Å². The largest absolute Gasteiger partial charge is 0.368 e. The Hall–Kier alpha value is -0.650. The summed E-state index contributed by atoms with van der Waals surface area (Å²) in [4.78, 5) is 17.7. The molecule has 5 heteroatoms. The first-order valence-corrected chi connectivity index (χ1v) is 9.04. The van der Waals surface area contributed by atoms with Crippen molar-refractivity contribution in [1.29, 1.82) is 0 Å². The molecule has 1 amide bonds. The number of hydrogen-bond donors (Lipinski definition) is 1. The Morgan fingerprint density at radius 2 is 1.68 bits per heavy atom. The summed E-state index contributed by atoms with van der Waals surface area (Å²) in [6.45, 7) is 6.07. The van der Waals surface area contributed by atoms with E-state index in [2.05, 4.69) is 15.1 Å². The summed E-state index contributed by atoms with van der Waals surface area (Å²) in [6.07, 6.45) is 7.94. The lowest BCUT2D eigenvalue weighted by Crippen LogP contribution is -2.58. The molecule has 5 nitrogen and oxygen atoms in total. The lowest BCUT2D eigenvalue weighted by atomic mass is 9.89. The third kappa shape index (κ3) is 3.31. The van der Waals surface area contributed by atoms with Crippen LogP contribution in [-0.2, 0) is 9.53 Å². The average molecular weight is 309 g/mol. The van der Waals surface area contributed by atoms with Gasteiger partial charge in [0.2, 0.25) is 0 Å². The number of carbonyl (C=O) groups is 1. The molecule has 0 atom stereocenters. The number of nitrogens with one attached hydrogen (secondary N) is 1. The highest BCUT2D eigenvalue weighted by Gasteiger charge is 2.43. The quantitative estimate of drug-likeness (QED) is 0.852. The number of nitrogens with zero attached hydrogens (tertiary/aromatic N) is 2. The zero-order valence-corrected chi connectivity index (χ0v) is 14.0. The number of likely N-dealkylation sites (tertiary alicyclic amines) is 2. The number of carbonyl (C=O) groups excluding carboxylic acids is 1. The van der Waals surface area contributed by atoms with Gasteiger partial charge in [-0.25, -0.2) is 0 Å². The van der Waals surface area contributed by atoms with Crippen LogP contribution in [0, 0.1) is 0 Å². The summed E-state index contributed by atoms with van der Waals surface area (Å²) < 4.78 is 5.70. The molecule has 3 fully saturated rings. The molecule has 1 N–H and O–H groups in total. The van der Waals surface area contributed by atoms with Crippen molar-refractivity contribution in [2.45, 2.75) is 56.6 Å². The van der Waals surface area contributed by atoms with Gasteiger partial charge in [-0.2, -0.15) is 0 Å². The Kier molecular flexibility index (Phi) is 5.37. The van der Waals surface area contributed by atoms with E-state index in [1.807, 2.05) is 0 Å². The molecule has 0 aliphatic carbocycles. The minimum absolute atomic E-state index is 0.230. The molecule has 126 valence electrons. The fraction of sp³-hybridized carbons (Fsp3) is 0.941. The number of methoxy groups -OCH3 is 1. The minimum atomic E-state index is -0.566. The van der Waals surface area contributed by atoms with Gasteiger partial charge in [0.05, 0.1) is 0 Å². The van der Waals surface area contributed by atoms with Crippen LogP contribution in [0.2, 0.25) is 0 Å². The first-order valence-electron chi connectivity index (χ1n) is 9.04. The van der Waals surface area contributed by atoms with Crippen LogP contribution in [0.1, 0.15) is 44.9 Å². The Balaban J connectivity index is 1.54. The molecule has 0 aromatic carbocycles. The predicted molar refractivity (Wildman–Crippen MR) is 86.9 cm³/mol. The first-order chi connectivity index (χ1) is 10.7. The van der Waals surface area contributed by atoms with Crippen LogP contribution >= 0.6 is 0 Å². The molecule has 0 saturated carbocycles. The summed E-state index contributed by atoms with van der Waals surface area (Å²) in [5.74, 6) is 0.230. The van der Waals surface area contributed by atoms with Crippen molar-refractivity contribution in [3.8, 4) is 0 Å². The fourth-order valence-corrected chi connectivity index (χ4v) is 4.34. The standard InChI is InChI=1S/C17H31N3O2/c1-22-17(7-9-18-10-8-17)16(21)20-13-5-15(6-14-20)19-11-3-2-4-12-19/h15,18H,2-14H2,1H3. The summed E-state index contributed by atoms with van der Waals surface area (Å²) in [7, 11) is 1.70. The van der Waals surface area contributed by atoms with E-state index in [9.17, 15) is 4.79 Å². The lowest BCUT2D eigenvalue weighted by Gasteiger charge is -2.44. The highest BCUT2D eigenvalue weighted by atomic mass is 16.5. The van der Waals surface area contributed by atoms with E-state index in [1.165, 1.54) is 32.4 Å². The molecule has 0 aromatic heterocycles. The molecule has 22 heavy (non-hydrogen) atoms. The summed E-state index contributed by atoms with van der Waals surface area (Å²) >= 11 is 0. The van der Waals surface area contributed by atoms with Crippen molar-refractivity contribution >= 4 is 5.91 Å². The fourth-order valence-electron chi connectivity index (χ4n) is 4.34. The van der Waals surface area contributed by atoms with E-state index in [-0.39, 0.29) is 5.91 Å². The van der Waals surface area contributed by atoms with Gasteiger partial charge in [-0.05, 0) is 64.7 Å². The zero-order chi connectivity index (χ0) is 15.4. The second kappa shape index (κ2) is 7.28. The van der Waals surface area contributed by atoms with E-state index in [0.29, 0.717) is 6.04 Å². The SMILES string of the molecule is COC1(C(=O)N2CCC(N3CCCCC3)CC2)CCNCC1. The number of amides is 1. The van der Waals surface area contributed by atoms with Crippen LogP contribution in [-0.4, -0.2) is 73.7 Å². The van der Waals surface area contributed by atoms with Crippen molar-refractivity contribution in [3.63, 3.8) is 0 Å². The zero-order valence-electron chi connectivity index (χ0n) is 14.0. The Labute approximate surface area is 134 Å². The summed E-state index contributed by atoms with van der Waals surface area (Å²) in [5, 5.41) is 3.32. The lowest BCUT2D eigenvalue weighted by molar-refractivity contribution is -0.160. The summed E-state index contributed by atoms with van der Waals surface area (Å²) in [5.41, 5.74) is -0.566. The van der Waals surface area contributed by atoms with Crippen LogP contribution in [0.4, 0.5) is 0 Å². The van der Waals surface area contributed by atoms with Gasteiger partial charge in [0, 0.05) is 26.2 Å². The van der Waals surface area contributed by atoms with Gasteiger partial charge in [0.1, 0.15) is 5.60 Å². The monoisotopic (exact) mass is 309 g/mol. The van der Waals surface area contributed by atoms with E-state index in [0.717, 1.165) is 51.9 Å². The number of rotatable bonds is 3. The Bertz CT molecular complexity index is 368. The average Bonchev–Trinajstić information content (AvgIpc) is 2.62. The maximum absolute atomic E-state index is 12.9. The van der Waals surface area contributed by atoms with Crippen molar-refractivity contribution in [2.24, 2.45) is 0 Å². The third-order valence-corrected chi connectivity index (χ3v) is 5.85. The topological polar surface area (TPSA) is 44.8 Å². The van der Waals surface area contributed by atoms with E-state index in [1.54, 1.807) is 7.11 Å². The molecule has 3 saturated heterocycles. The van der Waals surface area contributed by atoms with Crippen LogP contribution in [0.15, 0.2) is 0 Å². The van der Waals surface area contributed by atoms with E-state index in [4.69, 9.17) is 4.74 Å². The Morgan fingerprint density at radius 1 is 1.05 bits per heavy atom. The van der Waals surface area contributed by atoms with Crippen molar-refractivity contribution in [1.82, 2.24) is 15.1 Å². The van der Waals surface area contributed by atoms with Gasteiger partial charge in [-0.15, -0.1) is 0 Å². The van der Waals surface area contributed by atoms with Crippen LogP contribution < -0.4 is 5.32 Å². The summed E-state index contributed by atoms with van der Waals surface area (Å²) in [6, 6.07) is 0.691. The normalized spacial score (nSPS) is 27.8. The van der Waals surface area contributed by atoms with Gasteiger partial charge in [0.25, 0.3) is 5.91 Å². The molecular formula is C17H31N3O2. The molecule has 3 aliphatic rings. The number of piperidine rings is 3. The second-order valence-corrected chi connectivity index (χ2v) is 7.07. The maximum atomic E-state index is 12.9. The molecule has 3 aliphatic heterocycles. The molecule has 0 bridgehead atoms. The molecule has 0 unspecified atom stereocenters. The van der Waals surface area contributed by atoms with Crippen molar-refractivity contribution in [3.05, 3.63) is 0 Å². The first kappa shape index (κ1) is 16.2. The van der Waals surface area contributed by atoms with Gasteiger partial charge in [-0.1, -0.05) is 6.42 Å². The van der Waals surface area contributed by atoms with Gasteiger partial charge in [-0.3, -0.25) is 4.79 Å². The second-order valence-electron chi connectivity index (χ2n) is 7.07. The van der Waals surface area contributed by atoms with Crippen LogP contribution in [0.25, 0.3) is 0 Å². The third-order valence-electron chi connectivity index (χ3n) is 5.85. The van der Waals surface area contributed by atoms with E-state index < -0.39 is 5.60 Å². The van der Waals surface area contributed by atoms with Crippen LogP contribution in [0.5, 0.6) is 0 Å². The molecule has 0 spiro atoms. The molecule has 0 aromatic rings. The van der Waals surface area contributed by atoms with E-state index >= 15 is 0 Å². The molecular weight excluding hydrogens is 278 g/mol. The van der Waals surface area contributed by atoms with Gasteiger partial charge < -0.3 is 19.9 Å². The predicted octanol–water partition coefficient (Wildman–Crippen LogP) is 1.23. The van der Waals surface area contributed by atoms with Gasteiger partial charge >= 0.3 is 0 Å². The number of hydrogen-bond acceptors (Lipinski definition) is 4. The van der Waals surface area contributed by atoms with Crippen molar-refractivity contribution < 1.29 is 9.53 Å². The molecule has 3 rings (SSSR count). The maximum Gasteiger partial charge on any atom is 0.254 e. The van der Waals surface area contributed by atoms with Crippen molar-refractivity contribution in [2.75, 3.05) is 46.4 Å². The Morgan fingerprint density at radius 3 is 2.27 bits per heavy atom.